The van der Waals surface area contributed by atoms with Crippen molar-refractivity contribution in [3.63, 3.8) is 0 Å². The number of oxazole rings is 1. The third-order valence-corrected chi connectivity index (χ3v) is 3.30. The van der Waals surface area contributed by atoms with Gasteiger partial charge >= 0.3 is 0 Å². The molecule has 6 nitrogen and oxygen atoms in total. The van der Waals surface area contributed by atoms with Crippen LogP contribution in [0.4, 0.5) is 11.7 Å². The zero-order valence-corrected chi connectivity index (χ0v) is 10.6. The van der Waals surface area contributed by atoms with Crippen LogP contribution in [0.5, 0.6) is 0 Å². The maximum absolute atomic E-state index is 11.9. The molecule has 0 atom stereocenters. The quantitative estimate of drug-likeness (QED) is 0.816. The standard InChI is InChI=1S/C13H16N4O2/c14-9-4-3-5-10-12(9)16-13(19-10)15-8-11(18)17-6-1-2-7-17/h3-5H,1-2,6-8,14H2,(H,15,16). The van der Waals surface area contributed by atoms with Crippen LogP contribution in [0.3, 0.4) is 0 Å². The van der Waals surface area contributed by atoms with Crippen molar-refractivity contribution in [2.24, 2.45) is 0 Å². The highest BCUT2D eigenvalue weighted by Gasteiger charge is 2.18. The van der Waals surface area contributed by atoms with E-state index in [1.165, 1.54) is 0 Å². The normalized spacial score (nSPS) is 15.1. The van der Waals surface area contributed by atoms with Gasteiger partial charge in [-0.2, -0.15) is 4.98 Å². The van der Waals surface area contributed by atoms with Crippen LogP contribution in [-0.4, -0.2) is 35.4 Å². The van der Waals surface area contributed by atoms with Crippen molar-refractivity contribution in [3.05, 3.63) is 18.2 Å². The van der Waals surface area contributed by atoms with E-state index in [0.29, 0.717) is 22.8 Å². The molecule has 19 heavy (non-hydrogen) atoms. The Labute approximate surface area is 110 Å². The van der Waals surface area contributed by atoms with Gasteiger partial charge in [-0.15, -0.1) is 0 Å². The van der Waals surface area contributed by atoms with E-state index >= 15 is 0 Å². The fourth-order valence-electron chi connectivity index (χ4n) is 2.28. The van der Waals surface area contributed by atoms with E-state index in [0.717, 1.165) is 25.9 Å². The maximum Gasteiger partial charge on any atom is 0.296 e. The first-order valence-electron chi connectivity index (χ1n) is 6.41. The molecular formula is C13H16N4O2. The highest BCUT2D eigenvalue weighted by atomic mass is 16.4. The van der Waals surface area contributed by atoms with Crippen molar-refractivity contribution < 1.29 is 9.21 Å². The predicted molar refractivity (Wildman–Crippen MR) is 72.7 cm³/mol. The van der Waals surface area contributed by atoms with E-state index in [-0.39, 0.29) is 12.5 Å². The maximum atomic E-state index is 11.9. The Bertz CT molecular complexity index is 602. The van der Waals surface area contributed by atoms with Gasteiger partial charge in [0.15, 0.2) is 5.58 Å². The lowest BCUT2D eigenvalue weighted by Gasteiger charge is -2.14. The lowest BCUT2D eigenvalue weighted by atomic mass is 10.3. The molecule has 0 radical (unpaired) electrons. The van der Waals surface area contributed by atoms with Crippen LogP contribution in [-0.2, 0) is 4.79 Å². The Balaban J connectivity index is 1.68. The molecule has 1 aromatic carbocycles. The van der Waals surface area contributed by atoms with Crippen LogP contribution in [0.25, 0.3) is 11.1 Å². The first kappa shape index (κ1) is 11.8. The molecule has 100 valence electrons. The minimum absolute atomic E-state index is 0.0766. The number of fused-ring (bicyclic) bond motifs is 1. The first-order chi connectivity index (χ1) is 9.24. The smallest absolute Gasteiger partial charge is 0.296 e. The zero-order chi connectivity index (χ0) is 13.2. The van der Waals surface area contributed by atoms with Crippen molar-refractivity contribution in [3.8, 4) is 0 Å². The van der Waals surface area contributed by atoms with Crippen molar-refractivity contribution >= 4 is 28.7 Å². The molecule has 0 bridgehead atoms. The molecular weight excluding hydrogens is 244 g/mol. The molecule has 0 spiro atoms. The van der Waals surface area contributed by atoms with Crippen LogP contribution in [0.15, 0.2) is 22.6 Å². The number of hydrogen-bond donors (Lipinski definition) is 2. The molecule has 1 fully saturated rings. The molecule has 3 rings (SSSR count). The molecule has 1 amide bonds. The Hall–Kier alpha value is -2.24. The minimum atomic E-state index is 0.0766. The van der Waals surface area contributed by atoms with Gasteiger partial charge in [-0.3, -0.25) is 4.79 Å². The lowest BCUT2D eigenvalue weighted by Crippen LogP contribution is -2.33. The van der Waals surface area contributed by atoms with Gasteiger partial charge in [-0.05, 0) is 25.0 Å². The van der Waals surface area contributed by atoms with Crippen LogP contribution in [0.2, 0.25) is 0 Å². The van der Waals surface area contributed by atoms with Gasteiger partial charge in [0.05, 0.1) is 12.2 Å². The number of carbonyl (C=O) groups excluding carboxylic acids is 1. The Morgan fingerprint density at radius 2 is 2.21 bits per heavy atom. The summed E-state index contributed by atoms with van der Waals surface area (Å²) in [4.78, 5) is 18.0. The number of nitrogens with zero attached hydrogens (tertiary/aromatic N) is 2. The van der Waals surface area contributed by atoms with E-state index in [4.69, 9.17) is 10.2 Å². The fraction of sp³-hybridized carbons (Fsp3) is 0.385. The number of rotatable bonds is 3. The highest BCUT2D eigenvalue weighted by Crippen LogP contribution is 2.23. The number of likely N-dealkylation sites (tertiary alicyclic amines) is 1. The van der Waals surface area contributed by atoms with Gasteiger partial charge in [-0.25, -0.2) is 0 Å². The Kier molecular flexibility index (Phi) is 2.98. The molecule has 2 aromatic rings. The number of nitrogen functional groups attached to an aromatic ring is 1. The number of aromatic nitrogens is 1. The number of hydrogen-bond acceptors (Lipinski definition) is 5. The average Bonchev–Trinajstić information content (AvgIpc) is 3.05. The highest BCUT2D eigenvalue weighted by molar-refractivity contribution is 5.87. The summed E-state index contributed by atoms with van der Waals surface area (Å²) < 4.78 is 5.49. The summed E-state index contributed by atoms with van der Waals surface area (Å²) >= 11 is 0. The summed E-state index contributed by atoms with van der Waals surface area (Å²) in [5, 5.41) is 2.91. The lowest BCUT2D eigenvalue weighted by molar-refractivity contribution is -0.128. The van der Waals surface area contributed by atoms with E-state index in [9.17, 15) is 4.79 Å². The van der Waals surface area contributed by atoms with Crippen molar-refractivity contribution in [2.75, 3.05) is 30.7 Å². The minimum Gasteiger partial charge on any atom is -0.423 e. The van der Waals surface area contributed by atoms with Gasteiger partial charge in [0.2, 0.25) is 5.91 Å². The van der Waals surface area contributed by atoms with E-state index in [2.05, 4.69) is 10.3 Å². The fourth-order valence-corrected chi connectivity index (χ4v) is 2.28. The molecule has 1 aliphatic rings. The molecule has 3 N–H and O–H groups in total. The number of benzene rings is 1. The predicted octanol–water partition coefficient (Wildman–Crippen LogP) is 1.44. The summed E-state index contributed by atoms with van der Waals surface area (Å²) in [6.45, 7) is 1.90. The third-order valence-electron chi connectivity index (χ3n) is 3.30. The average molecular weight is 260 g/mol. The second-order valence-electron chi connectivity index (χ2n) is 4.65. The number of amides is 1. The first-order valence-corrected chi connectivity index (χ1v) is 6.41. The Morgan fingerprint density at radius 3 is 2.95 bits per heavy atom. The van der Waals surface area contributed by atoms with Crippen LogP contribution < -0.4 is 11.1 Å². The van der Waals surface area contributed by atoms with Gasteiger partial charge in [-0.1, -0.05) is 6.07 Å². The molecule has 1 aliphatic heterocycles. The van der Waals surface area contributed by atoms with Gasteiger partial charge < -0.3 is 20.4 Å². The second kappa shape index (κ2) is 4.79. The molecule has 0 unspecified atom stereocenters. The van der Waals surface area contributed by atoms with E-state index in [1.807, 2.05) is 11.0 Å². The van der Waals surface area contributed by atoms with Crippen LogP contribution in [0, 0.1) is 0 Å². The topological polar surface area (TPSA) is 84.4 Å². The largest absolute Gasteiger partial charge is 0.423 e. The van der Waals surface area contributed by atoms with Crippen LogP contribution >= 0.6 is 0 Å². The number of nitrogens with one attached hydrogen (secondary N) is 1. The summed E-state index contributed by atoms with van der Waals surface area (Å²) in [7, 11) is 0. The number of carbonyl (C=O) groups is 1. The van der Waals surface area contributed by atoms with Crippen molar-refractivity contribution in [1.82, 2.24) is 9.88 Å². The van der Waals surface area contributed by atoms with Gasteiger partial charge in [0.1, 0.15) is 5.52 Å². The molecule has 1 aromatic heterocycles. The van der Waals surface area contributed by atoms with Crippen LogP contribution in [0.1, 0.15) is 12.8 Å². The van der Waals surface area contributed by atoms with Crippen molar-refractivity contribution in [2.45, 2.75) is 12.8 Å². The molecule has 1 saturated heterocycles. The van der Waals surface area contributed by atoms with Gasteiger partial charge in [0.25, 0.3) is 6.01 Å². The summed E-state index contributed by atoms with van der Waals surface area (Å²) in [5.41, 5.74) is 7.61. The summed E-state index contributed by atoms with van der Waals surface area (Å²) in [6, 6.07) is 5.71. The molecule has 6 heteroatoms. The SMILES string of the molecule is Nc1cccc2oc(NCC(=O)N3CCCC3)nc12. The third kappa shape index (κ3) is 2.33. The number of para-hydroxylation sites is 1. The molecule has 0 saturated carbocycles. The van der Waals surface area contributed by atoms with E-state index in [1.54, 1.807) is 12.1 Å². The van der Waals surface area contributed by atoms with E-state index < -0.39 is 0 Å². The summed E-state index contributed by atoms with van der Waals surface area (Å²) in [5.74, 6) is 0.0766. The molecule has 2 heterocycles. The number of nitrogens with two attached hydrogens (primary N) is 1. The molecule has 0 aliphatic carbocycles. The Morgan fingerprint density at radius 1 is 1.42 bits per heavy atom. The second-order valence-corrected chi connectivity index (χ2v) is 4.65. The van der Waals surface area contributed by atoms with Gasteiger partial charge in [0, 0.05) is 13.1 Å². The zero-order valence-electron chi connectivity index (χ0n) is 10.6. The summed E-state index contributed by atoms with van der Waals surface area (Å²) in [6.07, 6.45) is 2.18. The van der Waals surface area contributed by atoms with Crippen molar-refractivity contribution in [1.29, 1.82) is 0 Å². The number of anilines is 2. The monoisotopic (exact) mass is 260 g/mol.